The highest BCUT2D eigenvalue weighted by Crippen LogP contribution is 2.30. The molecule has 100 valence electrons. The number of nitrogens with zero attached hydrogens (tertiary/aromatic N) is 1. The van der Waals surface area contributed by atoms with Gasteiger partial charge in [-0.15, -0.1) is 0 Å². The highest BCUT2D eigenvalue weighted by molar-refractivity contribution is 6.01. The van der Waals surface area contributed by atoms with Gasteiger partial charge in [-0.2, -0.15) is 0 Å². The molecule has 1 saturated carbocycles. The van der Waals surface area contributed by atoms with Gasteiger partial charge in [0.15, 0.2) is 0 Å². The van der Waals surface area contributed by atoms with Crippen LogP contribution in [0.2, 0.25) is 0 Å². The summed E-state index contributed by atoms with van der Waals surface area (Å²) in [7, 11) is 0. The number of para-hydroxylation sites is 1. The van der Waals surface area contributed by atoms with Gasteiger partial charge in [0.1, 0.15) is 11.9 Å². The van der Waals surface area contributed by atoms with Crippen molar-refractivity contribution in [1.82, 2.24) is 5.32 Å². The highest BCUT2D eigenvalue weighted by Gasteiger charge is 2.38. The topological polar surface area (TPSA) is 49.4 Å². The third-order valence-corrected chi connectivity index (χ3v) is 3.61. The first kappa shape index (κ1) is 12.1. The van der Waals surface area contributed by atoms with Gasteiger partial charge in [0.25, 0.3) is 0 Å². The van der Waals surface area contributed by atoms with Gasteiger partial charge in [-0.1, -0.05) is 12.1 Å². The van der Waals surface area contributed by atoms with E-state index in [0.717, 1.165) is 12.8 Å². The van der Waals surface area contributed by atoms with Gasteiger partial charge in [0.05, 0.1) is 5.69 Å². The summed E-state index contributed by atoms with van der Waals surface area (Å²) in [6, 6.07) is 5.69. The van der Waals surface area contributed by atoms with Crippen LogP contribution < -0.4 is 10.2 Å². The van der Waals surface area contributed by atoms with E-state index in [9.17, 15) is 14.0 Å². The SMILES string of the molecule is O=C(NC1CCN(c2ccccc2F)C1=O)C1CC1. The standard InChI is InChI=1S/C14H15FN2O2/c15-10-3-1-2-4-12(10)17-8-7-11(14(17)19)16-13(18)9-5-6-9/h1-4,9,11H,5-8H2,(H,16,18). The van der Waals surface area contributed by atoms with E-state index < -0.39 is 11.9 Å². The summed E-state index contributed by atoms with van der Waals surface area (Å²) in [5.41, 5.74) is 0.288. The fraction of sp³-hybridized carbons (Fsp3) is 0.429. The van der Waals surface area contributed by atoms with E-state index in [1.807, 2.05) is 0 Å². The predicted octanol–water partition coefficient (Wildman–Crippen LogP) is 1.46. The van der Waals surface area contributed by atoms with Crippen LogP contribution in [0.3, 0.4) is 0 Å². The van der Waals surface area contributed by atoms with Crippen molar-refractivity contribution in [1.29, 1.82) is 0 Å². The lowest BCUT2D eigenvalue weighted by Gasteiger charge is -2.17. The summed E-state index contributed by atoms with van der Waals surface area (Å²) in [5.74, 6) is -0.604. The van der Waals surface area contributed by atoms with Crippen LogP contribution in [0.25, 0.3) is 0 Å². The van der Waals surface area contributed by atoms with Crippen molar-refractivity contribution in [2.24, 2.45) is 5.92 Å². The van der Waals surface area contributed by atoms with Crippen molar-refractivity contribution < 1.29 is 14.0 Å². The Balaban J connectivity index is 1.71. The number of nitrogens with one attached hydrogen (secondary N) is 1. The Bertz CT molecular complexity index is 528. The Morgan fingerprint density at radius 2 is 2.00 bits per heavy atom. The minimum atomic E-state index is -0.507. The fourth-order valence-corrected chi connectivity index (χ4v) is 2.36. The molecule has 2 aliphatic rings. The van der Waals surface area contributed by atoms with Gasteiger partial charge in [0.2, 0.25) is 11.8 Å². The molecule has 1 atom stereocenters. The molecular formula is C14H15FN2O2. The molecule has 2 fully saturated rings. The molecule has 1 saturated heterocycles. The van der Waals surface area contributed by atoms with Crippen LogP contribution in [0, 0.1) is 11.7 Å². The molecule has 4 nitrogen and oxygen atoms in total. The van der Waals surface area contributed by atoms with Gasteiger partial charge in [0, 0.05) is 12.5 Å². The molecule has 3 rings (SSSR count). The van der Waals surface area contributed by atoms with Crippen LogP contribution in [-0.2, 0) is 9.59 Å². The second-order valence-electron chi connectivity index (χ2n) is 5.07. The largest absolute Gasteiger partial charge is 0.344 e. The molecule has 1 aliphatic heterocycles. The maximum absolute atomic E-state index is 13.7. The molecule has 1 N–H and O–H groups in total. The predicted molar refractivity (Wildman–Crippen MR) is 68.0 cm³/mol. The monoisotopic (exact) mass is 262 g/mol. The number of carbonyl (C=O) groups excluding carboxylic acids is 2. The summed E-state index contributed by atoms with van der Waals surface area (Å²) >= 11 is 0. The number of hydrogen-bond donors (Lipinski definition) is 1. The number of amides is 2. The van der Waals surface area contributed by atoms with Gasteiger partial charge in [-0.25, -0.2) is 4.39 Å². The van der Waals surface area contributed by atoms with Crippen LogP contribution in [0.1, 0.15) is 19.3 Å². The average molecular weight is 262 g/mol. The molecule has 1 aliphatic carbocycles. The molecule has 2 amide bonds. The van der Waals surface area contributed by atoms with Crippen LogP contribution >= 0.6 is 0 Å². The zero-order chi connectivity index (χ0) is 13.4. The molecule has 1 aromatic rings. The fourth-order valence-electron chi connectivity index (χ4n) is 2.36. The minimum Gasteiger partial charge on any atom is -0.344 e. The number of benzene rings is 1. The van der Waals surface area contributed by atoms with Crippen molar-refractivity contribution in [2.75, 3.05) is 11.4 Å². The van der Waals surface area contributed by atoms with E-state index in [0.29, 0.717) is 13.0 Å². The van der Waals surface area contributed by atoms with E-state index in [-0.39, 0.29) is 23.4 Å². The molecule has 1 heterocycles. The van der Waals surface area contributed by atoms with Crippen LogP contribution in [0.5, 0.6) is 0 Å². The third kappa shape index (κ3) is 2.32. The van der Waals surface area contributed by atoms with E-state index in [2.05, 4.69) is 5.32 Å². The highest BCUT2D eigenvalue weighted by atomic mass is 19.1. The Kier molecular flexibility index (Phi) is 2.97. The van der Waals surface area contributed by atoms with Crippen LogP contribution in [0.4, 0.5) is 10.1 Å². The second kappa shape index (κ2) is 4.64. The molecule has 0 aromatic heterocycles. The average Bonchev–Trinajstić information content (AvgIpc) is 3.18. The van der Waals surface area contributed by atoms with Crippen molar-refractivity contribution in [3.63, 3.8) is 0 Å². The molecule has 0 bridgehead atoms. The Labute approximate surface area is 110 Å². The third-order valence-electron chi connectivity index (χ3n) is 3.61. The van der Waals surface area contributed by atoms with Crippen molar-refractivity contribution in [2.45, 2.75) is 25.3 Å². The summed E-state index contributed by atoms with van der Waals surface area (Å²) < 4.78 is 13.7. The zero-order valence-electron chi connectivity index (χ0n) is 10.4. The summed E-state index contributed by atoms with van der Waals surface area (Å²) in [4.78, 5) is 25.3. The Hall–Kier alpha value is -1.91. The quantitative estimate of drug-likeness (QED) is 0.896. The number of halogens is 1. The smallest absolute Gasteiger partial charge is 0.249 e. The number of carbonyl (C=O) groups is 2. The zero-order valence-corrected chi connectivity index (χ0v) is 10.4. The lowest BCUT2D eigenvalue weighted by atomic mass is 10.2. The number of hydrogen-bond acceptors (Lipinski definition) is 2. The molecule has 19 heavy (non-hydrogen) atoms. The lowest BCUT2D eigenvalue weighted by Crippen LogP contribution is -2.42. The molecule has 5 heteroatoms. The van der Waals surface area contributed by atoms with E-state index in [1.165, 1.54) is 11.0 Å². The molecular weight excluding hydrogens is 247 g/mol. The van der Waals surface area contributed by atoms with Gasteiger partial charge < -0.3 is 10.2 Å². The van der Waals surface area contributed by atoms with Crippen LogP contribution in [0.15, 0.2) is 24.3 Å². The first-order chi connectivity index (χ1) is 9.16. The maximum Gasteiger partial charge on any atom is 0.249 e. The van der Waals surface area contributed by atoms with Gasteiger partial charge in [-0.05, 0) is 31.4 Å². The lowest BCUT2D eigenvalue weighted by molar-refractivity contribution is -0.127. The summed E-state index contributed by atoms with van der Waals surface area (Å²) in [6.07, 6.45) is 2.35. The first-order valence-electron chi connectivity index (χ1n) is 6.53. The number of rotatable bonds is 3. The summed E-state index contributed by atoms with van der Waals surface area (Å²) in [5, 5.41) is 2.76. The van der Waals surface area contributed by atoms with E-state index >= 15 is 0 Å². The van der Waals surface area contributed by atoms with Crippen molar-refractivity contribution >= 4 is 17.5 Å². The Morgan fingerprint density at radius 1 is 1.26 bits per heavy atom. The number of anilines is 1. The van der Waals surface area contributed by atoms with Crippen molar-refractivity contribution in [3.05, 3.63) is 30.1 Å². The summed E-state index contributed by atoms with van der Waals surface area (Å²) in [6.45, 7) is 0.440. The molecule has 1 unspecified atom stereocenters. The normalized spacial score (nSPS) is 22.7. The van der Waals surface area contributed by atoms with Gasteiger partial charge in [-0.3, -0.25) is 9.59 Å². The molecule has 0 radical (unpaired) electrons. The molecule has 0 spiro atoms. The van der Waals surface area contributed by atoms with Crippen molar-refractivity contribution in [3.8, 4) is 0 Å². The van der Waals surface area contributed by atoms with Gasteiger partial charge >= 0.3 is 0 Å². The van der Waals surface area contributed by atoms with E-state index in [1.54, 1.807) is 18.2 Å². The van der Waals surface area contributed by atoms with Crippen LogP contribution in [-0.4, -0.2) is 24.4 Å². The second-order valence-corrected chi connectivity index (χ2v) is 5.07. The molecule has 1 aromatic carbocycles. The first-order valence-corrected chi connectivity index (χ1v) is 6.53. The minimum absolute atomic E-state index is 0.0475. The Morgan fingerprint density at radius 3 is 2.68 bits per heavy atom. The maximum atomic E-state index is 13.7. The van der Waals surface area contributed by atoms with E-state index in [4.69, 9.17) is 0 Å².